The third kappa shape index (κ3) is 2.79. The molecule has 128 valence electrons. The SMILES string of the molecule is Nc1[nH]c(=O)nc2nc(-c3ccc(F)cc3)cc(-c3ccc(F)cc3)c12. The summed E-state index contributed by atoms with van der Waals surface area (Å²) in [7, 11) is 0. The van der Waals surface area contributed by atoms with E-state index in [1.165, 1.54) is 24.3 Å². The molecule has 0 unspecified atom stereocenters. The van der Waals surface area contributed by atoms with E-state index in [0.717, 1.165) is 0 Å². The van der Waals surface area contributed by atoms with Crippen LogP contribution in [-0.2, 0) is 0 Å². The van der Waals surface area contributed by atoms with Crippen LogP contribution in [0, 0.1) is 11.6 Å². The maximum absolute atomic E-state index is 13.3. The van der Waals surface area contributed by atoms with Crippen LogP contribution >= 0.6 is 0 Å². The minimum atomic E-state index is -0.621. The summed E-state index contributed by atoms with van der Waals surface area (Å²) >= 11 is 0. The van der Waals surface area contributed by atoms with Crippen LogP contribution in [0.25, 0.3) is 33.4 Å². The molecule has 5 nitrogen and oxygen atoms in total. The van der Waals surface area contributed by atoms with Crippen molar-refractivity contribution in [1.82, 2.24) is 15.0 Å². The molecule has 4 aromatic rings. The number of anilines is 1. The minimum Gasteiger partial charge on any atom is -0.385 e. The van der Waals surface area contributed by atoms with Crippen molar-refractivity contribution in [1.29, 1.82) is 0 Å². The number of H-pyrrole nitrogens is 1. The quantitative estimate of drug-likeness (QED) is 0.579. The fourth-order valence-corrected chi connectivity index (χ4v) is 2.81. The van der Waals surface area contributed by atoms with Crippen LogP contribution in [0.2, 0.25) is 0 Å². The molecule has 0 fully saturated rings. The lowest BCUT2D eigenvalue weighted by Gasteiger charge is -2.11. The smallest absolute Gasteiger partial charge is 0.348 e. The highest BCUT2D eigenvalue weighted by Gasteiger charge is 2.14. The van der Waals surface area contributed by atoms with Gasteiger partial charge in [0.05, 0.1) is 11.1 Å². The predicted molar refractivity (Wildman–Crippen MR) is 95.4 cm³/mol. The highest BCUT2D eigenvalue weighted by molar-refractivity contribution is 6.00. The monoisotopic (exact) mass is 350 g/mol. The second-order valence-electron chi connectivity index (χ2n) is 5.72. The van der Waals surface area contributed by atoms with E-state index in [-0.39, 0.29) is 23.1 Å². The molecule has 0 amide bonds. The first kappa shape index (κ1) is 15.9. The van der Waals surface area contributed by atoms with Crippen molar-refractivity contribution in [2.75, 3.05) is 5.73 Å². The molecule has 0 bridgehead atoms. The van der Waals surface area contributed by atoms with Crippen LogP contribution in [0.5, 0.6) is 0 Å². The molecule has 2 aromatic heterocycles. The molecule has 0 saturated carbocycles. The van der Waals surface area contributed by atoms with Gasteiger partial charge in [0.2, 0.25) is 0 Å². The molecule has 0 saturated heterocycles. The van der Waals surface area contributed by atoms with E-state index >= 15 is 0 Å². The van der Waals surface area contributed by atoms with Gasteiger partial charge >= 0.3 is 5.69 Å². The molecule has 0 spiro atoms. The molecule has 3 N–H and O–H groups in total. The van der Waals surface area contributed by atoms with Gasteiger partial charge in [0, 0.05) is 5.56 Å². The van der Waals surface area contributed by atoms with Gasteiger partial charge in [-0.1, -0.05) is 12.1 Å². The zero-order valence-corrected chi connectivity index (χ0v) is 13.3. The van der Waals surface area contributed by atoms with Crippen LogP contribution in [0.4, 0.5) is 14.6 Å². The highest BCUT2D eigenvalue weighted by Crippen LogP contribution is 2.33. The van der Waals surface area contributed by atoms with Gasteiger partial charge in [0.1, 0.15) is 17.5 Å². The first-order valence-electron chi connectivity index (χ1n) is 7.74. The summed E-state index contributed by atoms with van der Waals surface area (Å²) in [6.45, 7) is 0. The third-order valence-corrected chi connectivity index (χ3v) is 4.01. The van der Waals surface area contributed by atoms with Gasteiger partial charge in [-0.2, -0.15) is 4.98 Å². The van der Waals surface area contributed by atoms with Crippen LogP contribution in [0.1, 0.15) is 0 Å². The number of aromatic nitrogens is 3. The summed E-state index contributed by atoms with van der Waals surface area (Å²) in [6, 6.07) is 13.4. The predicted octanol–water partition coefficient (Wildman–Crippen LogP) is 3.51. The van der Waals surface area contributed by atoms with Crippen LogP contribution in [0.3, 0.4) is 0 Å². The lowest BCUT2D eigenvalue weighted by atomic mass is 10.00. The zero-order valence-electron chi connectivity index (χ0n) is 13.3. The number of hydrogen-bond donors (Lipinski definition) is 2. The van der Waals surface area contributed by atoms with Gasteiger partial charge in [-0.15, -0.1) is 0 Å². The number of aromatic amines is 1. The average Bonchev–Trinajstić information content (AvgIpc) is 2.61. The van der Waals surface area contributed by atoms with E-state index in [1.807, 2.05) is 0 Å². The zero-order chi connectivity index (χ0) is 18.3. The van der Waals surface area contributed by atoms with Crippen LogP contribution in [-0.4, -0.2) is 15.0 Å². The van der Waals surface area contributed by atoms with E-state index < -0.39 is 5.69 Å². The Labute approximate surface area is 146 Å². The maximum Gasteiger partial charge on any atom is 0.348 e. The van der Waals surface area contributed by atoms with Crippen molar-refractivity contribution in [3.05, 3.63) is 76.7 Å². The van der Waals surface area contributed by atoms with Crippen molar-refractivity contribution in [3.8, 4) is 22.4 Å². The molecule has 26 heavy (non-hydrogen) atoms. The van der Waals surface area contributed by atoms with E-state index in [4.69, 9.17) is 5.73 Å². The third-order valence-electron chi connectivity index (χ3n) is 4.01. The molecule has 2 heterocycles. The molecule has 4 rings (SSSR count). The van der Waals surface area contributed by atoms with Gasteiger partial charge in [0.15, 0.2) is 5.65 Å². The molecule has 2 aromatic carbocycles. The van der Waals surface area contributed by atoms with Crippen molar-refractivity contribution < 1.29 is 8.78 Å². The number of hydrogen-bond acceptors (Lipinski definition) is 4. The van der Waals surface area contributed by atoms with Gasteiger partial charge in [0.25, 0.3) is 0 Å². The first-order valence-corrected chi connectivity index (χ1v) is 7.74. The topological polar surface area (TPSA) is 84.7 Å². The normalized spacial score (nSPS) is 11.0. The van der Waals surface area contributed by atoms with Crippen LogP contribution in [0.15, 0.2) is 59.4 Å². The molecule has 0 atom stereocenters. The standard InChI is InChI=1S/C19H12F2N4O/c20-12-5-1-10(2-6-12)14-9-15(11-3-7-13(21)8-4-11)23-18-16(14)17(22)24-19(26)25-18/h1-9H,(H3,22,23,24,25,26). The van der Waals surface area contributed by atoms with E-state index in [0.29, 0.717) is 27.8 Å². The summed E-state index contributed by atoms with van der Waals surface area (Å²) in [4.78, 5) is 22.4. The molecule has 0 radical (unpaired) electrons. The van der Waals surface area contributed by atoms with Crippen LogP contribution < -0.4 is 11.4 Å². The number of pyridine rings is 1. The highest BCUT2D eigenvalue weighted by atomic mass is 19.1. The van der Waals surface area contributed by atoms with E-state index in [9.17, 15) is 13.6 Å². The van der Waals surface area contributed by atoms with Gasteiger partial charge in [-0.25, -0.2) is 18.6 Å². The second-order valence-corrected chi connectivity index (χ2v) is 5.72. The summed E-state index contributed by atoms with van der Waals surface area (Å²) in [5, 5.41) is 0.460. The average molecular weight is 350 g/mol. The fourth-order valence-electron chi connectivity index (χ4n) is 2.81. The number of nitrogens with zero attached hydrogens (tertiary/aromatic N) is 2. The summed E-state index contributed by atoms with van der Waals surface area (Å²) in [5.41, 5.74) is 7.98. The number of nitrogens with two attached hydrogens (primary N) is 1. The number of rotatable bonds is 2. The largest absolute Gasteiger partial charge is 0.385 e. The molecule has 0 aliphatic rings. The van der Waals surface area contributed by atoms with E-state index in [1.54, 1.807) is 30.3 Å². The number of nitrogen functional groups attached to an aromatic ring is 1. The second kappa shape index (κ2) is 6.03. The van der Waals surface area contributed by atoms with Crippen molar-refractivity contribution in [3.63, 3.8) is 0 Å². The maximum atomic E-state index is 13.3. The Morgan fingerprint density at radius 3 is 2.04 bits per heavy atom. The van der Waals surface area contributed by atoms with Crippen molar-refractivity contribution in [2.24, 2.45) is 0 Å². The van der Waals surface area contributed by atoms with Gasteiger partial charge < -0.3 is 5.73 Å². The number of halogens is 2. The summed E-state index contributed by atoms with van der Waals surface area (Å²) < 4.78 is 26.5. The Bertz CT molecular complexity index is 1170. The number of fused-ring (bicyclic) bond motifs is 1. The first-order chi connectivity index (χ1) is 12.5. The Morgan fingerprint density at radius 2 is 1.42 bits per heavy atom. The number of nitrogens with one attached hydrogen (secondary N) is 1. The Balaban J connectivity index is 2.05. The lowest BCUT2D eigenvalue weighted by Crippen LogP contribution is -2.14. The molecular weight excluding hydrogens is 338 g/mol. The fraction of sp³-hybridized carbons (Fsp3) is 0. The molecule has 7 heteroatoms. The summed E-state index contributed by atoms with van der Waals surface area (Å²) in [5.74, 6) is -0.616. The Morgan fingerprint density at radius 1 is 0.846 bits per heavy atom. The Hall–Kier alpha value is -3.61. The Kier molecular flexibility index (Phi) is 3.69. The van der Waals surface area contributed by atoms with Crippen molar-refractivity contribution >= 4 is 16.9 Å². The molecular formula is C19H12F2N4O. The molecule has 0 aliphatic carbocycles. The summed E-state index contributed by atoms with van der Waals surface area (Å²) in [6.07, 6.45) is 0. The van der Waals surface area contributed by atoms with Gasteiger partial charge in [-0.3, -0.25) is 4.98 Å². The van der Waals surface area contributed by atoms with E-state index in [2.05, 4.69) is 15.0 Å². The lowest BCUT2D eigenvalue weighted by molar-refractivity contribution is 0.627. The number of benzene rings is 2. The van der Waals surface area contributed by atoms with Crippen molar-refractivity contribution in [2.45, 2.75) is 0 Å². The minimum absolute atomic E-state index is 0.123. The van der Waals surface area contributed by atoms with Gasteiger partial charge in [-0.05, 0) is 53.6 Å². The molecule has 0 aliphatic heterocycles.